The second-order valence-electron chi connectivity index (χ2n) is 6.35. The molecule has 1 saturated heterocycles. The molecule has 1 fully saturated rings. The summed E-state index contributed by atoms with van der Waals surface area (Å²) >= 11 is 6.18. The van der Waals surface area contributed by atoms with E-state index >= 15 is 0 Å². The first-order valence-corrected chi connectivity index (χ1v) is 8.21. The van der Waals surface area contributed by atoms with Gasteiger partial charge in [-0.1, -0.05) is 25.4 Å². The first-order chi connectivity index (χ1) is 10.1. The molecular weight excluding hydrogens is 284 g/mol. The van der Waals surface area contributed by atoms with Crippen LogP contribution in [0.15, 0.2) is 18.2 Å². The van der Waals surface area contributed by atoms with Gasteiger partial charge >= 0.3 is 0 Å². The number of methoxy groups -OCH3 is 1. The minimum absolute atomic E-state index is 0.641. The second-order valence-corrected chi connectivity index (χ2v) is 6.79. The third-order valence-corrected chi connectivity index (χ3v) is 4.17. The van der Waals surface area contributed by atoms with E-state index in [4.69, 9.17) is 16.3 Å². The van der Waals surface area contributed by atoms with Gasteiger partial charge in [-0.3, -0.25) is 0 Å². The molecule has 1 aliphatic rings. The monoisotopic (exact) mass is 310 g/mol. The summed E-state index contributed by atoms with van der Waals surface area (Å²) < 4.78 is 5.29. The van der Waals surface area contributed by atoms with Gasteiger partial charge < -0.3 is 15.0 Å². The molecule has 1 heterocycles. The molecule has 1 aromatic rings. The quantitative estimate of drug-likeness (QED) is 0.833. The van der Waals surface area contributed by atoms with Crippen molar-refractivity contribution in [2.24, 2.45) is 11.8 Å². The maximum Gasteiger partial charge on any atom is 0.0508 e. The van der Waals surface area contributed by atoms with Crippen molar-refractivity contribution in [1.82, 2.24) is 5.32 Å². The SMILES string of the molecule is COCC1CCN(c2ccc(Cl)cc2CNCC(C)C)C1. The van der Waals surface area contributed by atoms with Crippen molar-refractivity contribution in [2.75, 3.05) is 38.3 Å². The van der Waals surface area contributed by atoms with E-state index in [1.165, 1.54) is 17.7 Å². The predicted octanol–water partition coefficient (Wildman–Crippen LogP) is 3.56. The molecule has 0 bridgehead atoms. The second kappa shape index (κ2) is 8.02. The van der Waals surface area contributed by atoms with Gasteiger partial charge in [0.1, 0.15) is 0 Å². The molecule has 3 nitrogen and oxygen atoms in total. The highest BCUT2D eigenvalue weighted by Crippen LogP contribution is 2.29. The third kappa shape index (κ3) is 4.87. The molecule has 1 aliphatic heterocycles. The summed E-state index contributed by atoms with van der Waals surface area (Å²) in [6, 6.07) is 6.24. The molecule has 1 aromatic carbocycles. The smallest absolute Gasteiger partial charge is 0.0508 e. The van der Waals surface area contributed by atoms with Crippen molar-refractivity contribution >= 4 is 17.3 Å². The average Bonchev–Trinajstić information content (AvgIpc) is 2.87. The topological polar surface area (TPSA) is 24.5 Å². The van der Waals surface area contributed by atoms with Crippen LogP contribution in [0.2, 0.25) is 5.02 Å². The number of benzene rings is 1. The van der Waals surface area contributed by atoms with Gasteiger partial charge in [0.05, 0.1) is 6.61 Å². The molecule has 1 N–H and O–H groups in total. The summed E-state index contributed by atoms with van der Waals surface area (Å²) in [6.07, 6.45) is 1.20. The fourth-order valence-corrected chi connectivity index (χ4v) is 3.12. The van der Waals surface area contributed by atoms with Crippen molar-refractivity contribution in [3.05, 3.63) is 28.8 Å². The van der Waals surface area contributed by atoms with E-state index in [1.54, 1.807) is 7.11 Å². The van der Waals surface area contributed by atoms with E-state index in [9.17, 15) is 0 Å². The van der Waals surface area contributed by atoms with Crippen molar-refractivity contribution < 1.29 is 4.74 Å². The third-order valence-electron chi connectivity index (χ3n) is 3.94. The van der Waals surface area contributed by atoms with Crippen LogP contribution in [0.3, 0.4) is 0 Å². The Labute approximate surface area is 133 Å². The molecule has 0 aromatic heterocycles. The fourth-order valence-electron chi connectivity index (χ4n) is 2.92. The number of halogens is 1. The summed E-state index contributed by atoms with van der Waals surface area (Å²) in [7, 11) is 1.78. The summed E-state index contributed by atoms with van der Waals surface area (Å²) in [5, 5.41) is 4.33. The minimum Gasteiger partial charge on any atom is -0.384 e. The minimum atomic E-state index is 0.641. The Morgan fingerprint density at radius 2 is 2.24 bits per heavy atom. The molecular formula is C17H27ClN2O. The number of ether oxygens (including phenoxy) is 1. The Morgan fingerprint density at radius 3 is 2.95 bits per heavy atom. The maximum atomic E-state index is 6.18. The maximum absolute atomic E-state index is 6.18. The molecule has 1 unspecified atom stereocenters. The molecule has 0 amide bonds. The van der Waals surface area contributed by atoms with Gasteiger partial charge in [-0.2, -0.15) is 0 Å². The lowest BCUT2D eigenvalue weighted by molar-refractivity contribution is 0.161. The Kier molecular flexibility index (Phi) is 6.34. The van der Waals surface area contributed by atoms with E-state index in [1.807, 2.05) is 6.07 Å². The first kappa shape index (κ1) is 16.6. The van der Waals surface area contributed by atoms with E-state index in [-0.39, 0.29) is 0 Å². The average molecular weight is 311 g/mol. The normalized spacial score (nSPS) is 18.7. The van der Waals surface area contributed by atoms with E-state index < -0.39 is 0 Å². The van der Waals surface area contributed by atoms with Gasteiger partial charge in [0.25, 0.3) is 0 Å². The van der Waals surface area contributed by atoms with E-state index in [2.05, 4.69) is 36.2 Å². The Bertz CT molecular complexity index is 450. The zero-order chi connectivity index (χ0) is 15.2. The Morgan fingerprint density at radius 1 is 1.43 bits per heavy atom. The van der Waals surface area contributed by atoms with Gasteiger partial charge in [-0.05, 0) is 42.6 Å². The highest BCUT2D eigenvalue weighted by molar-refractivity contribution is 6.30. The van der Waals surface area contributed by atoms with E-state index in [0.29, 0.717) is 11.8 Å². The number of nitrogens with one attached hydrogen (secondary N) is 1. The molecule has 0 aliphatic carbocycles. The molecule has 21 heavy (non-hydrogen) atoms. The van der Waals surface area contributed by atoms with Gasteiger partial charge in [-0.25, -0.2) is 0 Å². The van der Waals surface area contributed by atoms with Crippen LogP contribution >= 0.6 is 11.6 Å². The molecule has 0 saturated carbocycles. The highest BCUT2D eigenvalue weighted by Gasteiger charge is 2.24. The first-order valence-electron chi connectivity index (χ1n) is 7.83. The number of hydrogen-bond donors (Lipinski definition) is 1. The van der Waals surface area contributed by atoms with Crippen LogP contribution in [0.4, 0.5) is 5.69 Å². The fraction of sp³-hybridized carbons (Fsp3) is 0.647. The molecule has 4 heteroatoms. The van der Waals surface area contributed by atoms with Crippen LogP contribution < -0.4 is 10.2 Å². The number of nitrogens with zero attached hydrogens (tertiary/aromatic N) is 1. The van der Waals surface area contributed by atoms with Crippen LogP contribution in [-0.2, 0) is 11.3 Å². The van der Waals surface area contributed by atoms with Crippen molar-refractivity contribution in [1.29, 1.82) is 0 Å². The van der Waals surface area contributed by atoms with Crippen LogP contribution in [-0.4, -0.2) is 33.4 Å². The van der Waals surface area contributed by atoms with Crippen LogP contribution in [0.5, 0.6) is 0 Å². The summed E-state index contributed by atoms with van der Waals surface area (Å²) in [5.74, 6) is 1.30. The van der Waals surface area contributed by atoms with Gasteiger partial charge in [-0.15, -0.1) is 0 Å². The summed E-state index contributed by atoms with van der Waals surface area (Å²) in [5.41, 5.74) is 2.61. The highest BCUT2D eigenvalue weighted by atomic mass is 35.5. The zero-order valence-corrected chi connectivity index (χ0v) is 14.1. The lowest BCUT2D eigenvalue weighted by Gasteiger charge is -2.23. The molecule has 0 spiro atoms. The summed E-state index contributed by atoms with van der Waals surface area (Å²) in [6.45, 7) is 9.38. The molecule has 118 valence electrons. The largest absolute Gasteiger partial charge is 0.384 e. The Balaban J connectivity index is 2.04. The van der Waals surface area contributed by atoms with Crippen molar-refractivity contribution in [3.8, 4) is 0 Å². The van der Waals surface area contributed by atoms with Crippen LogP contribution in [0, 0.1) is 11.8 Å². The summed E-state index contributed by atoms with van der Waals surface area (Å²) in [4.78, 5) is 2.46. The lowest BCUT2D eigenvalue weighted by atomic mass is 10.1. The Hall–Kier alpha value is -0.770. The van der Waals surface area contributed by atoms with Crippen LogP contribution in [0.25, 0.3) is 0 Å². The van der Waals surface area contributed by atoms with Crippen molar-refractivity contribution in [2.45, 2.75) is 26.8 Å². The number of rotatable bonds is 7. The predicted molar refractivity (Wildman–Crippen MR) is 90.2 cm³/mol. The standard InChI is InChI=1S/C17H27ClN2O/c1-13(2)9-19-10-15-8-16(18)4-5-17(15)20-7-6-14(11-20)12-21-3/h4-5,8,13-14,19H,6-7,9-12H2,1-3H3. The zero-order valence-electron chi connectivity index (χ0n) is 13.4. The van der Waals surface area contributed by atoms with Crippen molar-refractivity contribution in [3.63, 3.8) is 0 Å². The molecule has 2 rings (SSSR count). The van der Waals surface area contributed by atoms with Crippen LogP contribution in [0.1, 0.15) is 25.8 Å². The van der Waals surface area contributed by atoms with E-state index in [0.717, 1.165) is 37.8 Å². The molecule has 0 radical (unpaired) electrons. The van der Waals surface area contributed by atoms with Gasteiger partial charge in [0, 0.05) is 43.4 Å². The lowest BCUT2D eigenvalue weighted by Crippen LogP contribution is -2.25. The number of anilines is 1. The molecule has 1 atom stereocenters. The number of hydrogen-bond acceptors (Lipinski definition) is 3. The van der Waals surface area contributed by atoms with Gasteiger partial charge in [0.15, 0.2) is 0 Å². The van der Waals surface area contributed by atoms with Gasteiger partial charge in [0.2, 0.25) is 0 Å².